The minimum absolute atomic E-state index is 0.178. The van der Waals surface area contributed by atoms with E-state index in [2.05, 4.69) is 9.72 Å². The minimum Gasteiger partial charge on any atom is -0.406 e. The Morgan fingerprint density at radius 1 is 1.07 bits per heavy atom. The van der Waals surface area contributed by atoms with Gasteiger partial charge in [0.25, 0.3) is 5.69 Å². The molecule has 0 unspecified atom stereocenters. The molecule has 3 rings (SSSR count). The van der Waals surface area contributed by atoms with E-state index in [1.54, 1.807) is 6.07 Å². The molecule has 27 heavy (non-hydrogen) atoms. The molecule has 0 amide bonds. The SMILES string of the molecule is O=Cc1cc(-c2ccc(OC(F)(F)F)cc2)[nH]c1-c1ccccc1[N+](=O)[O-]. The molecular weight excluding hydrogens is 365 g/mol. The van der Waals surface area contributed by atoms with Gasteiger partial charge in [-0.1, -0.05) is 12.1 Å². The van der Waals surface area contributed by atoms with Crippen LogP contribution in [0.2, 0.25) is 0 Å². The summed E-state index contributed by atoms with van der Waals surface area (Å²) in [5, 5.41) is 11.2. The number of alkyl halides is 3. The molecule has 0 spiro atoms. The lowest BCUT2D eigenvalue weighted by Gasteiger charge is -2.08. The Morgan fingerprint density at radius 3 is 2.33 bits per heavy atom. The second kappa shape index (κ2) is 6.94. The number of rotatable bonds is 5. The quantitative estimate of drug-likeness (QED) is 0.387. The Hall–Kier alpha value is -3.62. The molecule has 0 bridgehead atoms. The summed E-state index contributed by atoms with van der Waals surface area (Å²) in [6, 6.07) is 12.4. The van der Waals surface area contributed by atoms with Crippen LogP contribution < -0.4 is 4.74 Å². The van der Waals surface area contributed by atoms with E-state index >= 15 is 0 Å². The fourth-order valence-corrected chi connectivity index (χ4v) is 2.62. The Balaban J connectivity index is 2.01. The summed E-state index contributed by atoms with van der Waals surface area (Å²) in [4.78, 5) is 25.0. The van der Waals surface area contributed by atoms with Gasteiger partial charge in [0.2, 0.25) is 0 Å². The molecule has 0 aliphatic carbocycles. The number of carbonyl (C=O) groups is 1. The predicted molar refractivity (Wildman–Crippen MR) is 90.4 cm³/mol. The van der Waals surface area contributed by atoms with Crippen molar-refractivity contribution in [2.75, 3.05) is 0 Å². The summed E-state index contributed by atoms with van der Waals surface area (Å²) in [5.41, 5.74) is 1.40. The van der Waals surface area contributed by atoms with Gasteiger partial charge >= 0.3 is 6.36 Å². The van der Waals surface area contributed by atoms with Crippen molar-refractivity contribution in [3.63, 3.8) is 0 Å². The lowest BCUT2D eigenvalue weighted by molar-refractivity contribution is -0.384. The van der Waals surface area contributed by atoms with Crippen molar-refractivity contribution in [1.82, 2.24) is 4.98 Å². The lowest BCUT2D eigenvalue weighted by atomic mass is 10.1. The molecule has 6 nitrogen and oxygen atoms in total. The molecule has 1 aromatic heterocycles. The Labute approximate surface area is 150 Å². The van der Waals surface area contributed by atoms with Crippen molar-refractivity contribution in [3.8, 4) is 28.3 Å². The number of para-hydroxylation sites is 1. The highest BCUT2D eigenvalue weighted by atomic mass is 19.4. The molecule has 0 aliphatic rings. The summed E-state index contributed by atoms with van der Waals surface area (Å²) in [6.07, 6.45) is -4.24. The number of aromatic nitrogens is 1. The molecule has 0 aliphatic heterocycles. The van der Waals surface area contributed by atoms with Crippen LogP contribution in [-0.2, 0) is 0 Å². The average Bonchev–Trinajstić information content (AvgIpc) is 3.05. The molecule has 0 radical (unpaired) electrons. The van der Waals surface area contributed by atoms with Crippen molar-refractivity contribution < 1.29 is 27.6 Å². The number of halogens is 3. The van der Waals surface area contributed by atoms with Crippen LogP contribution in [0.3, 0.4) is 0 Å². The summed E-state index contributed by atoms with van der Waals surface area (Å²) >= 11 is 0. The van der Waals surface area contributed by atoms with E-state index in [1.807, 2.05) is 0 Å². The largest absolute Gasteiger partial charge is 0.573 e. The minimum atomic E-state index is -4.79. The summed E-state index contributed by atoms with van der Waals surface area (Å²) in [6.45, 7) is 0. The van der Waals surface area contributed by atoms with E-state index in [1.165, 1.54) is 36.4 Å². The molecule has 3 aromatic rings. The van der Waals surface area contributed by atoms with Crippen LogP contribution >= 0.6 is 0 Å². The molecule has 0 atom stereocenters. The van der Waals surface area contributed by atoms with Crippen LogP contribution in [0.5, 0.6) is 5.75 Å². The number of nitrogens with one attached hydrogen (secondary N) is 1. The third kappa shape index (κ3) is 3.97. The molecule has 0 fully saturated rings. The number of aldehydes is 1. The second-order valence-electron chi connectivity index (χ2n) is 5.48. The van der Waals surface area contributed by atoms with E-state index in [4.69, 9.17) is 0 Å². The Bertz CT molecular complexity index is 995. The zero-order chi connectivity index (χ0) is 19.6. The second-order valence-corrected chi connectivity index (χ2v) is 5.48. The van der Waals surface area contributed by atoms with Crippen LogP contribution in [0.25, 0.3) is 22.5 Å². The molecule has 1 heterocycles. The molecule has 1 N–H and O–H groups in total. The first-order chi connectivity index (χ1) is 12.8. The molecular formula is C18H11F3N2O4. The number of aromatic amines is 1. The number of carbonyl (C=O) groups excluding carboxylic acids is 1. The number of H-pyrrole nitrogens is 1. The molecule has 9 heteroatoms. The van der Waals surface area contributed by atoms with Gasteiger partial charge in [0.15, 0.2) is 6.29 Å². The number of nitrogens with zero attached hydrogens (tertiary/aromatic N) is 1. The highest BCUT2D eigenvalue weighted by Gasteiger charge is 2.31. The van der Waals surface area contributed by atoms with Crippen molar-refractivity contribution in [3.05, 3.63) is 70.3 Å². The summed E-state index contributed by atoms with van der Waals surface area (Å²) in [7, 11) is 0. The first-order valence-electron chi connectivity index (χ1n) is 7.56. The van der Waals surface area contributed by atoms with Gasteiger partial charge in [0.05, 0.1) is 16.2 Å². The fraction of sp³-hybridized carbons (Fsp3) is 0.0556. The van der Waals surface area contributed by atoms with Gasteiger partial charge in [-0.3, -0.25) is 14.9 Å². The highest BCUT2D eigenvalue weighted by molar-refractivity contribution is 5.91. The predicted octanol–water partition coefficient (Wildman–Crippen LogP) is 4.97. The van der Waals surface area contributed by atoms with Gasteiger partial charge in [-0.25, -0.2) is 0 Å². The number of hydrogen-bond acceptors (Lipinski definition) is 4. The maximum atomic E-state index is 12.2. The third-order valence-electron chi connectivity index (χ3n) is 3.74. The standard InChI is InChI=1S/C18H11F3N2O4/c19-18(20,21)27-13-7-5-11(6-8-13)15-9-12(10-24)17(22-15)14-3-1-2-4-16(14)23(25)26/h1-10,22H. The number of ether oxygens (including phenoxy) is 1. The topological polar surface area (TPSA) is 85.2 Å². The first kappa shape index (κ1) is 18.2. The van der Waals surface area contributed by atoms with E-state index in [0.717, 1.165) is 12.1 Å². The van der Waals surface area contributed by atoms with E-state index in [0.29, 0.717) is 17.5 Å². The van der Waals surface area contributed by atoms with Gasteiger partial charge in [0, 0.05) is 17.3 Å². The Kier molecular flexibility index (Phi) is 4.68. The highest BCUT2D eigenvalue weighted by Crippen LogP contribution is 2.34. The lowest BCUT2D eigenvalue weighted by Crippen LogP contribution is -2.16. The molecule has 2 aromatic carbocycles. The normalized spacial score (nSPS) is 11.2. The van der Waals surface area contributed by atoms with Gasteiger partial charge in [-0.05, 0) is 42.0 Å². The van der Waals surface area contributed by atoms with Gasteiger partial charge in [-0.15, -0.1) is 13.2 Å². The van der Waals surface area contributed by atoms with Gasteiger partial charge < -0.3 is 9.72 Å². The molecule has 138 valence electrons. The van der Waals surface area contributed by atoms with E-state index in [9.17, 15) is 28.1 Å². The zero-order valence-corrected chi connectivity index (χ0v) is 13.5. The first-order valence-corrected chi connectivity index (χ1v) is 7.56. The average molecular weight is 376 g/mol. The van der Waals surface area contributed by atoms with Gasteiger partial charge in [0.1, 0.15) is 5.75 Å². The van der Waals surface area contributed by atoms with Crippen LogP contribution in [0.15, 0.2) is 54.6 Å². The number of benzene rings is 2. The fourth-order valence-electron chi connectivity index (χ4n) is 2.62. The van der Waals surface area contributed by atoms with Crippen LogP contribution in [-0.4, -0.2) is 22.6 Å². The van der Waals surface area contributed by atoms with Crippen molar-refractivity contribution in [1.29, 1.82) is 0 Å². The molecule has 0 saturated heterocycles. The van der Waals surface area contributed by atoms with Crippen molar-refractivity contribution in [2.45, 2.75) is 6.36 Å². The van der Waals surface area contributed by atoms with Crippen LogP contribution in [0, 0.1) is 10.1 Å². The van der Waals surface area contributed by atoms with Crippen LogP contribution in [0.4, 0.5) is 18.9 Å². The van der Waals surface area contributed by atoms with Gasteiger partial charge in [-0.2, -0.15) is 0 Å². The monoisotopic (exact) mass is 376 g/mol. The number of nitro benzene ring substituents is 1. The maximum Gasteiger partial charge on any atom is 0.573 e. The van der Waals surface area contributed by atoms with E-state index < -0.39 is 11.3 Å². The van der Waals surface area contributed by atoms with E-state index in [-0.39, 0.29) is 28.3 Å². The number of hydrogen-bond donors (Lipinski definition) is 1. The van der Waals surface area contributed by atoms with Crippen molar-refractivity contribution >= 4 is 12.0 Å². The maximum absolute atomic E-state index is 12.2. The van der Waals surface area contributed by atoms with Crippen LogP contribution in [0.1, 0.15) is 10.4 Å². The zero-order valence-electron chi connectivity index (χ0n) is 13.5. The third-order valence-corrected chi connectivity index (χ3v) is 3.74. The molecule has 0 saturated carbocycles. The number of nitro groups is 1. The summed E-state index contributed by atoms with van der Waals surface area (Å²) < 4.78 is 40.5. The summed E-state index contributed by atoms with van der Waals surface area (Å²) in [5.74, 6) is -0.382. The Morgan fingerprint density at radius 2 is 1.74 bits per heavy atom. The van der Waals surface area contributed by atoms with Crippen molar-refractivity contribution in [2.24, 2.45) is 0 Å². The smallest absolute Gasteiger partial charge is 0.406 e.